The molecule has 6 nitrogen and oxygen atoms in total. The second kappa shape index (κ2) is 7.10. The normalized spacial score (nSPS) is 21.0. The number of hydrogen-bond donors (Lipinski definition) is 3. The summed E-state index contributed by atoms with van der Waals surface area (Å²) < 4.78 is 0. The number of rotatable bonds is 4. The molecular formula is C17H26N4O2. The van der Waals surface area contributed by atoms with Gasteiger partial charge in [0.2, 0.25) is 11.8 Å². The standard InChI is InChI=1S/C17H26N4O2/c1-17(2,3)18-15(22)11-21(4)16(23)14-10-13(19-20-14)12-8-6-5-7-9-12/h5-9,13-14,19-20H,10-11H2,1-4H3,(H,18,22). The molecule has 3 N–H and O–H groups in total. The van der Waals surface area contributed by atoms with Crippen LogP contribution in [0, 0.1) is 0 Å². The summed E-state index contributed by atoms with van der Waals surface area (Å²) >= 11 is 0. The van der Waals surface area contributed by atoms with E-state index in [1.165, 1.54) is 4.90 Å². The molecule has 2 amide bonds. The first-order chi connectivity index (χ1) is 10.8. The molecule has 6 heteroatoms. The molecule has 1 heterocycles. The molecule has 126 valence electrons. The predicted molar refractivity (Wildman–Crippen MR) is 89.4 cm³/mol. The lowest BCUT2D eigenvalue weighted by Crippen LogP contribution is -2.50. The molecule has 1 aromatic rings. The zero-order valence-electron chi connectivity index (χ0n) is 14.2. The minimum atomic E-state index is -0.326. The topological polar surface area (TPSA) is 73.5 Å². The van der Waals surface area contributed by atoms with Crippen LogP contribution in [0.25, 0.3) is 0 Å². The second-order valence-corrected chi connectivity index (χ2v) is 7.03. The van der Waals surface area contributed by atoms with Crippen molar-refractivity contribution in [2.75, 3.05) is 13.6 Å². The number of carbonyl (C=O) groups is 2. The number of hydrogen-bond acceptors (Lipinski definition) is 4. The molecule has 2 atom stereocenters. The third kappa shape index (κ3) is 5.04. The van der Waals surface area contributed by atoms with Crippen LogP contribution in [0.2, 0.25) is 0 Å². The van der Waals surface area contributed by atoms with Crippen molar-refractivity contribution in [2.24, 2.45) is 0 Å². The molecule has 23 heavy (non-hydrogen) atoms. The lowest BCUT2D eigenvalue weighted by Gasteiger charge is -2.24. The van der Waals surface area contributed by atoms with Gasteiger partial charge >= 0.3 is 0 Å². The van der Waals surface area contributed by atoms with E-state index in [-0.39, 0.29) is 36.0 Å². The van der Waals surface area contributed by atoms with Crippen molar-refractivity contribution in [2.45, 2.75) is 44.8 Å². The van der Waals surface area contributed by atoms with Gasteiger partial charge in [0.25, 0.3) is 0 Å². The van der Waals surface area contributed by atoms with Crippen LogP contribution >= 0.6 is 0 Å². The lowest BCUT2D eigenvalue weighted by atomic mass is 10.0. The quantitative estimate of drug-likeness (QED) is 0.773. The second-order valence-electron chi connectivity index (χ2n) is 7.03. The van der Waals surface area contributed by atoms with Crippen molar-refractivity contribution >= 4 is 11.8 Å². The Balaban J connectivity index is 1.87. The van der Waals surface area contributed by atoms with Crippen LogP contribution in [0.3, 0.4) is 0 Å². The molecule has 1 fully saturated rings. The summed E-state index contributed by atoms with van der Waals surface area (Å²) in [6.07, 6.45) is 0.661. The maximum atomic E-state index is 12.5. The van der Waals surface area contributed by atoms with Crippen LogP contribution in [0.4, 0.5) is 0 Å². The van der Waals surface area contributed by atoms with Crippen LogP contribution in [0.5, 0.6) is 0 Å². The molecular weight excluding hydrogens is 292 g/mol. The molecule has 0 spiro atoms. The zero-order chi connectivity index (χ0) is 17.0. The van der Waals surface area contributed by atoms with E-state index >= 15 is 0 Å². The fourth-order valence-electron chi connectivity index (χ4n) is 2.64. The number of nitrogens with zero attached hydrogens (tertiary/aromatic N) is 1. The summed E-state index contributed by atoms with van der Waals surface area (Å²) in [4.78, 5) is 25.9. The van der Waals surface area contributed by atoms with Crippen LogP contribution in [0.15, 0.2) is 30.3 Å². The van der Waals surface area contributed by atoms with Crippen molar-refractivity contribution in [3.63, 3.8) is 0 Å². The number of likely N-dealkylation sites (N-methyl/N-ethyl adjacent to an activating group) is 1. The van der Waals surface area contributed by atoms with Crippen LogP contribution < -0.4 is 16.2 Å². The molecule has 2 unspecified atom stereocenters. The van der Waals surface area contributed by atoms with Gasteiger partial charge in [-0.1, -0.05) is 30.3 Å². The van der Waals surface area contributed by atoms with E-state index in [1.807, 2.05) is 51.1 Å². The van der Waals surface area contributed by atoms with Crippen molar-refractivity contribution in [3.8, 4) is 0 Å². The Morgan fingerprint density at radius 3 is 2.48 bits per heavy atom. The molecule has 2 rings (SSSR count). The molecule has 0 radical (unpaired) electrons. The summed E-state index contributed by atoms with van der Waals surface area (Å²) in [6.45, 7) is 5.81. The number of benzene rings is 1. The molecule has 0 aromatic heterocycles. The van der Waals surface area contributed by atoms with E-state index in [0.717, 1.165) is 5.56 Å². The largest absolute Gasteiger partial charge is 0.350 e. The van der Waals surface area contributed by atoms with Crippen molar-refractivity contribution in [1.82, 2.24) is 21.1 Å². The highest BCUT2D eigenvalue weighted by molar-refractivity contribution is 5.87. The van der Waals surface area contributed by atoms with E-state index in [2.05, 4.69) is 16.2 Å². The molecule has 0 aliphatic carbocycles. The Hall–Kier alpha value is -1.92. The fraction of sp³-hybridized carbons (Fsp3) is 0.529. The predicted octanol–water partition coefficient (Wildman–Crippen LogP) is 0.967. The summed E-state index contributed by atoms with van der Waals surface area (Å²) in [7, 11) is 1.65. The van der Waals surface area contributed by atoms with E-state index in [9.17, 15) is 9.59 Å². The first-order valence-electron chi connectivity index (χ1n) is 7.88. The summed E-state index contributed by atoms with van der Waals surface area (Å²) in [5.74, 6) is -0.237. The third-order valence-corrected chi connectivity index (χ3v) is 3.67. The van der Waals surface area contributed by atoms with E-state index < -0.39 is 0 Å². The van der Waals surface area contributed by atoms with Gasteiger partial charge in [0.1, 0.15) is 6.04 Å². The highest BCUT2D eigenvalue weighted by Gasteiger charge is 2.32. The van der Waals surface area contributed by atoms with Crippen LogP contribution in [-0.4, -0.2) is 41.9 Å². The van der Waals surface area contributed by atoms with Crippen LogP contribution in [-0.2, 0) is 9.59 Å². The van der Waals surface area contributed by atoms with Gasteiger partial charge in [-0.2, -0.15) is 0 Å². The van der Waals surface area contributed by atoms with Crippen LogP contribution in [0.1, 0.15) is 38.8 Å². The van der Waals surface area contributed by atoms with Gasteiger partial charge < -0.3 is 10.2 Å². The van der Waals surface area contributed by atoms with Gasteiger partial charge in [0.15, 0.2) is 0 Å². The smallest absolute Gasteiger partial charge is 0.241 e. The average molecular weight is 318 g/mol. The van der Waals surface area contributed by atoms with Crippen molar-refractivity contribution in [3.05, 3.63) is 35.9 Å². The molecule has 1 aliphatic heterocycles. The molecule has 0 saturated carbocycles. The maximum Gasteiger partial charge on any atom is 0.241 e. The number of hydrazine groups is 1. The van der Waals surface area contributed by atoms with E-state index in [4.69, 9.17) is 0 Å². The van der Waals surface area contributed by atoms with Crippen molar-refractivity contribution in [1.29, 1.82) is 0 Å². The number of amides is 2. The van der Waals surface area contributed by atoms with Gasteiger partial charge in [0, 0.05) is 18.6 Å². The van der Waals surface area contributed by atoms with Gasteiger partial charge in [-0.25, -0.2) is 10.9 Å². The number of carbonyl (C=O) groups excluding carboxylic acids is 2. The summed E-state index contributed by atoms with van der Waals surface area (Å²) in [6, 6.07) is 9.77. The minimum absolute atomic E-state index is 0.0598. The van der Waals surface area contributed by atoms with E-state index in [0.29, 0.717) is 6.42 Å². The van der Waals surface area contributed by atoms with Gasteiger partial charge in [0.05, 0.1) is 6.54 Å². The molecule has 0 bridgehead atoms. The number of nitrogens with one attached hydrogen (secondary N) is 3. The molecule has 1 saturated heterocycles. The highest BCUT2D eigenvalue weighted by Crippen LogP contribution is 2.22. The Bertz CT molecular complexity index is 553. The fourth-order valence-corrected chi connectivity index (χ4v) is 2.64. The van der Waals surface area contributed by atoms with E-state index in [1.54, 1.807) is 7.05 Å². The first-order valence-corrected chi connectivity index (χ1v) is 7.88. The highest BCUT2D eigenvalue weighted by atomic mass is 16.2. The van der Waals surface area contributed by atoms with Gasteiger partial charge in [-0.05, 0) is 32.8 Å². The summed E-state index contributed by atoms with van der Waals surface area (Å²) in [5, 5.41) is 2.86. The monoisotopic (exact) mass is 318 g/mol. The Kier molecular flexibility index (Phi) is 5.38. The Morgan fingerprint density at radius 1 is 1.22 bits per heavy atom. The lowest BCUT2D eigenvalue weighted by molar-refractivity contribution is -0.136. The minimum Gasteiger partial charge on any atom is -0.350 e. The maximum absolute atomic E-state index is 12.5. The molecule has 1 aromatic carbocycles. The van der Waals surface area contributed by atoms with Crippen molar-refractivity contribution < 1.29 is 9.59 Å². The first kappa shape index (κ1) is 17.4. The average Bonchev–Trinajstić information content (AvgIpc) is 2.95. The Labute approximate surface area is 137 Å². The molecule has 1 aliphatic rings. The van der Waals surface area contributed by atoms with Gasteiger partial charge in [-0.15, -0.1) is 0 Å². The zero-order valence-corrected chi connectivity index (χ0v) is 14.2. The Morgan fingerprint density at radius 2 is 1.87 bits per heavy atom. The summed E-state index contributed by atoms with van der Waals surface area (Å²) in [5.41, 5.74) is 7.03. The third-order valence-electron chi connectivity index (χ3n) is 3.67. The van der Waals surface area contributed by atoms with Gasteiger partial charge in [-0.3, -0.25) is 9.59 Å². The SMILES string of the molecule is CN(CC(=O)NC(C)(C)C)C(=O)C1CC(c2ccccc2)NN1.